The number of carbonyl (C=O) groups excluding carboxylic acids is 1. The van der Waals surface area contributed by atoms with E-state index in [4.69, 9.17) is 10.2 Å². The molecule has 0 unspecified atom stereocenters. The van der Waals surface area contributed by atoms with Gasteiger partial charge in [0.05, 0.1) is 11.8 Å². The van der Waals surface area contributed by atoms with Crippen LogP contribution in [0, 0.1) is 6.92 Å². The lowest BCUT2D eigenvalue weighted by Crippen LogP contribution is -2.41. The van der Waals surface area contributed by atoms with E-state index in [-0.39, 0.29) is 13.0 Å². The summed E-state index contributed by atoms with van der Waals surface area (Å²) in [5.41, 5.74) is 0.856. The molecule has 0 aliphatic carbocycles. The molecule has 16 heavy (non-hydrogen) atoms. The number of aliphatic hydroxyl groups is 1. The highest BCUT2D eigenvalue weighted by Crippen LogP contribution is 2.03. The Labute approximate surface area is 91.5 Å². The van der Waals surface area contributed by atoms with Crippen LogP contribution in [-0.2, 0) is 4.79 Å². The van der Waals surface area contributed by atoms with Crippen LogP contribution in [0.4, 0.5) is 0 Å². The first kappa shape index (κ1) is 12.2. The molecule has 0 aliphatic heterocycles. The van der Waals surface area contributed by atoms with Gasteiger partial charge in [0.2, 0.25) is 0 Å². The molecule has 7 heteroatoms. The van der Waals surface area contributed by atoms with E-state index in [1.807, 2.05) is 0 Å². The number of aromatic amines is 1. The molecule has 0 spiro atoms. The summed E-state index contributed by atoms with van der Waals surface area (Å²) in [6.45, 7) is 1.35. The Balaban J connectivity index is 2.69. The Morgan fingerprint density at radius 1 is 1.62 bits per heavy atom. The number of hydrogen-bond donors (Lipinski definition) is 4. The van der Waals surface area contributed by atoms with Gasteiger partial charge in [-0.2, -0.15) is 5.10 Å². The highest BCUT2D eigenvalue weighted by atomic mass is 16.4. The van der Waals surface area contributed by atoms with E-state index in [0.717, 1.165) is 0 Å². The summed E-state index contributed by atoms with van der Waals surface area (Å²) in [5.74, 6) is -1.70. The fourth-order valence-electron chi connectivity index (χ4n) is 1.20. The summed E-state index contributed by atoms with van der Waals surface area (Å²) in [4.78, 5) is 22.3. The monoisotopic (exact) mass is 227 g/mol. The van der Waals surface area contributed by atoms with Crippen LogP contribution in [0.5, 0.6) is 0 Å². The van der Waals surface area contributed by atoms with Crippen LogP contribution < -0.4 is 5.32 Å². The van der Waals surface area contributed by atoms with Gasteiger partial charge >= 0.3 is 5.97 Å². The molecule has 1 amide bonds. The second kappa shape index (κ2) is 5.26. The molecule has 88 valence electrons. The summed E-state index contributed by atoms with van der Waals surface area (Å²) in [6, 6.07) is -1.09. The van der Waals surface area contributed by atoms with Gasteiger partial charge in [-0.25, -0.2) is 4.79 Å². The molecule has 4 N–H and O–H groups in total. The van der Waals surface area contributed by atoms with E-state index in [9.17, 15) is 9.59 Å². The van der Waals surface area contributed by atoms with Crippen molar-refractivity contribution in [1.29, 1.82) is 0 Å². The van der Waals surface area contributed by atoms with E-state index >= 15 is 0 Å². The lowest BCUT2D eigenvalue weighted by molar-refractivity contribution is -0.139. The standard InChI is InChI=1S/C9H13N3O4/c1-5-6(4-10-12-5)8(14)11-7(2-3-13)9(15)16/h4,7,13H,2-3H2,1H3,(H,10,12)(H,11,14)(H,15,16)/t7-/m0/s1. The molecule has 0 fully saturated rings. The van der Waals surface area contributed by atoms with Crippen LogP contribution in [0.25, 0.3) is 0 Å². The number of nitrogens with zero attached hydrogens (tertiary/aromatic N) is 1. The first-order valence-electron chi connectivity index (χ1n) is 4.70. The number of aliphatic hydroxyl groups excluding tert-OH is 1. The Bertz CT molecular complexity index is 388. The van der Waals surface area contributed by atoms with E-state index in [2.05, 4.69) is 15.5 Å². The second-order valence-electron chi connectivity index (χ2n) is 3.29. The summed E-state index contributed by atoms with van der Waals surface area (Å²) in [6.07, 6.45) is 1.29. The van der Waals surface area contributed by atoms with Gasteiger partial charge in [0, 0.05) is 18.7 Å². The topological polar surface area (TPSA) is 115 Å². The number of nitrogens with one attached hydrogen (secondary N) is 2. The van der Waals surface area contributed by atoms with E-state index < -0.39 is 17.9 Å². The Kier molecular flexibility index (Phi) is 4.01. The summed E-state index contributed by atoms with van der Waals surface area (Å²) in [5, 5.41) is 26.0. The summed E-state index contributed by atoms with van der Waals surface area (Å²) >= 11 is 0. The van der Waals surface area contributed by atoms with Gasteiger partial charge in [0.15, 0.2) is 0 Å². The lowest BCUT2D eigenvalue weighted by atomic mass is 10.2. The number of hydrogen-bond acceptors (Lipinski definition) is 4. The SMILES string of the molecule is Cc1[nH]ncc1C(=O)N[C@@H](CCO)C(=O)O. The molecule has 7 nitrogen and oxygen atoms in total. The number of aryl methyl sites for hydroxylation is 1. The third kappa shape index (κ3) is 2.80. The van der Waals surface area contributed by atoms with Gasteiger partial charge in [-0.15, -0.1) is 0 Å². The first-order chi connectivity index (χ1) is 7.56. The normalized spacial score (nSPS) is 12.1. The highest BCUT2D eigenvalue weighted by Gasteiger charge is 2.21. The van der Waals surface area contributed by atoms with Crippen LogP contribution in [-0.4, -0.2) is 44.9 Å². The summed E-state index contributed by atoms with van der Waals surface area (Å²) < 4.78 is 0. The average Bonchev–Trinajstić information content (AvgIpc) is 2.63. The van der Waals surface area contributed by atoms with Gasteiger partial charge in [0.1, 0.15) is 6.04 Å². The minimum atomic E-state index is -1.18. The van der Waals surface area contributed by atoms with Crippen molar-refractivity contribution in [1.82, 2.24) is 15.5 Å². The Morgan fingerprint density at radius 3 is 2.75 bits per heavy atom. The second-order valence-corrected chi connectivity index (χ2v) is 3.29. The van der Waals surface area contributed by atoms with Crippen LogP contribution in [0.1, 0.15) is 22.5 Å². The van der Waals surface area contributed by atoms with Gasteiger partial charge in [-0.05, 0) is 6.92 Å². The zero-order chi connectivity index (χ0) is 12.1. The predicted molar refractivity (Wildman–Crippen MR) is 53.9 cm³/mol. The molecule has 0 radical (unpaired) electrons. The van der Waals surface area contributed by atoms with Crippen LogP contribution in [0.2, 0.25) is 0 Å². The molecule has 1 heterocycles. The van der Waals surface area contributed by atoms with Gasteiger partial charge in [0.25, 0.3) is 5.91 Å². The highest BCUT2D eigenvalue weighted by molar-refractivity contribution is 5.97. The van der Waals surface area contributed by atoms with Crippen molar-refractivity contribution in [2.45, 2.75) is 19.4 Å². The maximum Gasteiger partial charge on any atom is 0.326 e. The fraction of sp³-hybridized carbons (Fsp3) is 0.444. The maximum atomic E-state index is 11.6. The molecule has 0 saturated carbocycles. The average molecular weight is 227 g/mol. The van der Waals surface area contributed by atoms with E-state index in [1.165, 1.54) is 6.20 Å². The van der Waals surface area contributed by atoms with Crippen molar-refractivity contribution in [3.63, 3.8) is 0 Å². The zero-order valence-electron chi connectivity index (χ0n) is 8.73. The van der Waals surface area contributed by atoms with Gasteiger partial charge in [-0.3, -0.25) is 9.89 Å². The van der Waals surface area contributed by atoms with Gasteiger partial charge in [-0.1, -0.05) is 0 Å². The van der Waals surface area contributed by atoms with E-state index in [1.54, 1.807) is 6.92 Å². The number of rotatable bonds is 5. The molecular formula is C9H13N3O4. The molecule has 0 aliphatic rings. The largest absolute Gasteiger partial charge is 0.480 e. The number of amides is 1. The minimum absolute atomic E-state index is 0.0298. The molecule has 1 rings (SSSR count). The van der Waals surface area contributed by atoms with Crippen molar-refractivity contribution < 1.29 is 19.8 Å². The molecule has 1 aromatic heterocycles. The van der Waals surface area contributed by atoms with Crippen molar-refractivity contribution in [2.75, 3.05) is 6.61 Å². The number of carboxylic acids is 1. The number of H-pyrrole nitrogens is 1. The molecule has 1 atom stereocenters. The fourth-order valence-corrected chi connectivity index (χ4v) is 1.20. The number of carbonyl (C=O) groups is 2. The van der Waals surface area contributed by atoms with Crippen molar-refractivity contribution in [2.24, 2.45) is 0 Å². The minimum Gasteiger partial charge on any atom is -0.480 e. The molecule has 1 aromatic rings. The van der Waals surface area contributed by atoms with Crippen molar-refractivity contribution >= 4 is 11.9 Å². The Morgan fingerprint density at radius 2 is 2.31 bits per heavy atom. The van der Waals surface area contributed by atoms with Crippen LogP contribution >= 0.6 is 0 Å². The van der Waals surface area contributed by atoms with Gasteiger partial charge < -0.3 is 15.5 Å². The number of aromatic nitrogens is 2. The van der Waals surface area contributed by atoms with Crippen molar-refractivity contribution in [3.8, 4) is 0 Å². The first-order valence-corrected chi connectivity index (χ1v) is 4.70. The van der Waals surface area contributed by atoms with E-state index in [0.29, 0.717) is 11.3 Å². The Hall–Kier alpha value is -1.89. The maximum absolute atomic E-state index is 11.6. The third-order valence-electron chi connectivity index (χ3n) is 2.10. The third-order valence-corrected chi connectivity index (χ3v) is 2.10. The molecule has 0 aromatic carbocycles. The summed E-state index contributed by atoms with van der Waals surface area (Å²) in [7, 11) is 0. The lowest BCUT2D eigenvalue weighted by Gasteiger charge is -2.12. The van der Waals surface area contributed by atoms with Crippen LogP contribution in [0.3, 0.4) is 0 Å². The number of carboxylic acid groups (broad SMARTS) is 1. The molecular weight excluding hydrogens is 214 g/mol. The van der Waals surface area contributed by atoms with Crippen LogP contribution in [0.15, 0.2) is 6.20 Å². The smallest absolute Gasteiger partial charge is 0.326 e. The number of aliphatic carboxylic acids is 1. The van der Waals surface area contributed by atoms with Crippen molar-refractivity contribution in [3.05, 3.63) is 17.5 Å². The zero-order valence-corrected chi connectivity index (χ0v) is 8.73. The predicted octanol–water partition coefficient (Wildman–Crippen LogP) is -0.716. The molecule has 0 bridgehead atoms. The molecule has 0 saturated heterocycles. The quantitative estimate of drug-likeness (QED) is 0.530.